The molecule has 6 rings (SSSR count). The van der Waals surface area contributed by atoms with Crippen LogP contribution in [0.25, 0.3) is 11.0 Å². The van der Waals surface area contributed by atoms with E-state index in [1.54, 1.807) is 42.3 Å². The third-order valence-corrected chi connectivity index (χ3v) is 9.54. The van der Waals surface area contributed by atoms with E-state index in [0.717, 1.165) is 10.9 Å². The molecule has 14 heteroatoms. The summed E-state index contributed by atoms with van der Waals surface area (Å²) in [6, 6.07) is 22.1. The molecule has 0 spiro atoms. The van der Waals surface area contributed by atoms with Crippen LogP contribution in [0.5, 0.6) is 11.5 Å². The Morgan fingerprint density at radius 1 is 1.04 bits per heavy atom. The van der Waals surface area contributed by atoms with Crippen molar-refractivity contribution in [2.75, 3.05) is 46.4 Å². The SMILES string of the molecule is COc1cccc2cc(CN3CCN(C[C@@H](O)C[C@@H](Cc4ccccc4)C(=O)N[C@H]4c5ccccc5OC[C@H]4O)[C@H](C(=O)NCC(F)(F)F)C3)oc12. The van der Waals surface area contributed by atoms with Gasteiger partial charge in [-0.3, -0.25) is 19.4 Å². The van der Waals surface area contributed by atoms with Gasteiger partial charge in [-0.05, 0) is 36.6 Å². The Kier molecular flexibility index (Phi) is 11.7. The summed E-state index contributed by atoms with van der Waals surface area (Å²) in [5.74, 6) is -0.189. The van der Waals surface area contributed by atoms with E-state index in [0.29, 0.717) is 41.5 Å². The number of methoxy groups -OCH3 is 1. The fourth-order valence-electron chi connectivity index (χ4n) is 6.99. The van der Waals surface area contributed by atoms with Crippen molar-refractivity contribution in [1.29, 1.82) is 0 Å². The molecule has 0 unspecified atom stereocenters. The summed E-state index contributed by atoms with van der Waals surface area (Å²) in [5, 5.41) is 28.0. The molecule has 1 saturated heterocycles. The Labute approximate surface area is 299 Å². The molecule has 0 bridgehead atoms. The number of nitrogens with one attached hydrogen (secondary N) is 2. The van der Waals surface area contributed by atoms with Crippen LogP contribution in [0.1, 0.15) is 29.3 Å². The van der Waals surface area contributed by atoms with Gasteiger partial charge in [-0.1, -0.05) is 60.7 Å². The summed E-state index contributed by atoms with van der Waals surface area (Å²) >= 11 is 0. The third-order valence-electron chi connectivity index (χ3n) is 9.54. The molecular weight excluding hydrogens is 681 g/mol. The molecule has 4 N–H and O–H groups in total. The molecule has 1 aromatic heterocycles. The van der Waals surface area contributed by atoms with Gasteiger partial charge in [0.2, 0.25) is 11.8 Å². The number of alkyl halides is 3. The van der Waals surface area contributed by atoms with Gasteiger partial charge in [0.15, 0.2) is 11.3 Å². The average Bonchev–Trinajstić information content (AvgIpc) is 3.55. The minimum absolute atomic E-state index is 0.000385. The number of halogens is 3. The van der Waals surface area contributed by atoms with Crippen molar-refractivity contribution in [1.82, 2.24) is 20.4 Å². The molecule has 0 aliphatic carbocycles. The molecule has 278 valence electrons. The normalized spacial score (nSPS) is 20.8. The van der Waals surface area contributed by atoms with Crippen molar-refractivity contribution in [2.45, 2.75) is 49.9 Å². The number of hydrogen-bond donors (Lipinski definition) is 4. The molecule has 4 aromatic rings. The zero-order valence-corrected chi connectivity index (χ0v) is 28.7. The molecule has 0 radical (unpaired) electrons. The van der Waals surface area contributed by atoms with Gasteiger partial charge in [0, 0.05) is 43.0 Å². The van der Waals surface area contributed by atoms with Gasteiger partial charge in [0.25, 0.3) is 0 Å². The second-order valence-corrected chi connectivity index (χ2v) is 13.3. The fraction of sp³-hybridized carbons (Fsp3) is 0.421. The number of nitrogens with zero attached hydrogens (tertiary/aromatic N) is 2. The Balaban J connectivity index is 1.16. The number of ether oxygens (including phenoxy) is 2. The van der Waals surface area contributed by atoms with Gasteiger partial charge >= 0.3 is 6.18 Å². The van der Waals surface area contributed by atoms with Gasteiger partial charge in [0.1, 0.15) is 36.8 Å². The largest absolute Gasteiger partial charge is 0.493 e. The maximum Gasteiger partial charge on any atom is 0.405 e. The summed E-state index contributed by atoms with van der Waals surface area (Å²) in [6.45, 7) is -0.437. The van der Waals surface area contributed by atoms with Crippen molar-refractivity contribution < 1.29 is 46.9 Å². The van der Waals surface area contributed by atoms with Crippen LogP contribution in [0.4, 0.5) is 13.2 Å². The number of piperazine rings is 1. The van der Waals surface area contributed by atoms with Gasteiger partial charge in [-0.25, -0.2) is 0 Å². The first-order valence-electron chi connectivity index (χ1n) is 17.3. The van der Waals surface area contributed by atoms with Crippen molar-refractivity contribution in [2.24, 2.45) is 5.92 Å². The molecule has 0 saturated carbocycles. The Morgan fingerprint density at radius 3 is 2.58 bits per heavy atom. The van der Waals surface area contributed by atoms with Crippen LogP contribution in [-0.4, -0.2) is 103 Å². The predicted octanol–water partition coefficient (Wildman–Crippen LogP) is 3.83. The molecule has 5 atom stereocenters. The van der Waals surface area contributed by atoms with E-state index in [2.05, 4.69) is 5.32 Å². The second kappa shape index (κ2) is 16.4. The fourth-order valence-corrected chi connectivity index (χ4v) is 6.99. The lowest BCUT2D eigenvalue weighted by Crippen LogP contribution is -2.60. The highest BCUT2D eigenvalue weighted by atomic mass is 19.4. The van der Waals surface area contributed by atoms with Crippen LogP contribution >= 0.6 is 0 Å². The first-order chi connectivity index (χ1) is 25.0. The highest BCUT2D eigenvalue weighted by molar-refractivity contribution is 5.84. The Morgan fingerprint density at radius 2 is 1.81 bits per heavy atom. The minimum atomic E-state index is -4.60. The zero-order chi connectivity index (χ0) is 36.8. The van der Waals surface area contributed by atoms with Crippen LogP contribution < -0.4 is 20.1 Å². The van der Waals surface area contributed by atoms with Crippen molar-refractivity contribution in [3.05, 3.63) is 95.7 Å². The number of aliphatic hydroxyl groups excluding tert-OH is 2. The number of aliphatic hydroxyl groups is 2. The summed E-state index contributed by atoms with van der Waals surface area (Å²) in [5.41, 5.74) is 2.08. The van der Waals surface area contributed by atoms with Crippen LogP contribution in [0.3, 0.4) is 0 Å². The van der Waals surface area contributed by atoms with E-state index in [9.17, 15) is 33.0 Å². The standard InChI is InChI=1S/C38H43F3N4O7/c1-50-33-13-7-10-25-18-28(52-35(25)33)20-44-14-15-45(30(21-44)37(49)42-23-38(39,40)41)19-27(46)17-26(16-24-8-3-2-4-9-24)36(48)43-34-29-11-5-6-12-32(29)51-22-31(34)47/h2-13,18,26-27,30-31,34,46-47H,14-17,19-23H2,1H3,(H,42,49)(H,43,48)/t26-,27+,30+,31-,34+/m1/s1. The maximum absolute atomic E-state index is 13.9. The molecule has 11 nitrogen and oxygen atoms in total. The average molecular weight is 725 g/mol. The van der Waals surface area contributed by atoms with Crippen LogP contribution in [0, 0.1) is 5.92 Å². The summed E-state index contributed by atoms with van der Waals surface area (Å²) in [4.78, 5) is 30.8. The van der Waals surface area contributed by atoms with Gasteiger partial charge in [0.05, 0.1) is 25.8 Å². The lowest BCUT2D eigenvalue weighted by atomic mass is 9.90. The molecule has 3 aromatic carbocycles. The highest BCUT2D eigenvalue weighted by Crippen LogP contribution is 2.33. The minimum Gasteiger partial charge on any atom is -0.493 e. The zero-order valence-electron chi connectivity index (χ0n) is 28.7. The quantitative estimate of drug-likeness (QED) is 0.162. The second-order valence-electron chi connectivity index (χ2n) is 13.3. The smallest absolute Gasteiger partial charge is 0.405 e. The van der Waals surface area contributed by atoms with E-state index in [-0.39, 0.29) is 45.0 Å². The summed E-state index contributed by atoms with van der Waals surface area (Å²) < 4.78 is 56.4. The van der Waals surface area contributed by atoms with Crippen molar-refractivity contribution in [3.63, 3.8) is 0 Å². The van der Waals surface area contributed by atoms with Crippen LogP contribution in [-0.2, 0) is 22.6 Å². The molecule has 3 heterocycles. The van der Waals surface area contributed by atoms with Gasteiger partial charge in [-0.2, -0.15) is 13.2 Å². The lowest BCUT2D eigenvalue weighted by molar-refractivity contribution is -0.143. The summed E-state index contributed by atoms with van der Waals surface area (Å²) in [6.07, 6.45) is -6.41. The predicted molar refractivity (Wildman–Crippen MR) is 186 cm³/mol. The number of furan rings is 1. The maximum atomic E-state index is 13.9. The number of hydrogen-bond acceptors (Lipinski definition) is 9. The number of carbonyl (C=O) groups is 2. The molecule has 1 fully saturated rings. The number of benzene rings is 3. The van der Waals surface area contributed by atoms with E-state index in [4.69, 9.17) is 13.9 Å². The first kappa shape index (κ1) is 37.1. The van der Waals surface area contributed by atoms with E-state index < -0.39 is 48.8 Å². The molecule has 2 aliphatic rings. The van der Waals surface area contributed by atoms with Crippen LogP contribution in [0.2, 0.25) is 0 Å². The van der Waals surface area contributed by atoms with E-state index in [1.807, 2.05) is 58.7 Å². The number of β-amino-alcohol motifs (C(OH)–C–C–N with tert-alkyl or cyclic N) is 1. The van der Waals surface area contributed by atoms with Crippen molar-refractivity contribution in [3.8, 4) is 11.5 Å². The van der Waals surface area contributed by atoms with Gasteiger partial charge in [-0.15, -0.1) is 0 Å². The van der Waals surface area contributed by atoms with E-state index in [1.165, 1.54) is 0 Å². The van der Waals surface area contributed by atoms with Gasteiger partial charge < -0.3 is 34.7 Å². The number of fused-ring (bicyclic) bond motifs is 2. The van der Waals surface area contributed by atoms with Crippen molar-refractivity contribution >= 4 is 22.8 Å². The van der Waals surface area contributed by atoms with E-state index >= 15 is 0 Å². The molecule has 2 aliphatic heterocycles. The highest BCUT2D eigenvalue weighted by Gasteiger charge is 2.38. The number of para-hydroxylation sites is 2. The topological polar surface area (TPSA) is 137 Å². The van der Waals surface area contributed by atoms with Crippen LogP contribution in [0.15, 0.2) is 83.3 Å². The third kappa shape index (κ3) is 9.23. The number of rotatable bonds is 13. The molecule has 52 heavy (non-hydrogen) atoms. The Hall–Kier alpha value is -4.63. The lowest BCUT2D eigenvalue weighted by Gasteiger charge is -2.41. The monoisotopic (exact) mass is 724 g/mol. The Bertz CT molecular complexity index is 1820. The number of carbonyl (C=O) groups excluding carboxylic acids is 2. The molecule has 2 amide bonds. The summed E-state index contributed by atoms with van der Waals surface area (Å²) in [7, 11) is 1.54. The first-order valence-corrected chi connectivity index (χ1v) is 17.3. The number of amides is 2. The molecular formula is C38H43F3N4O7.